The molecule has 2 amide bonds. The number of fused-ring (bicyclic) bond motifs is 1. The second-order valence-electron chi connectivity index (χ2n) is 5.03. The van der Waals surface area contributed by atoms with Crippen molar-refractivity contribution in [1.82, 2.24) is 10.2 Å². The van der Waals surface area contributed by atoms with Gasteiger partial charge in [-0.1, -0.05) is 0 Å². The van der Waals surface area contributed by atoms with Gasteiger partial charge in [-0.05, 0) is 11.8 Å². The Morgan fingerprint density at radius 2 is 2.29 bits per heavy atom. The van der Waals surface area contributed by atoms with E-state index in [4.69, 9.17) is 5.26 Å². The fourth-order valence-corrected chi connectivity index (χ4v) is 5.14. The number of thioether (sulfide) groups is 2. The molecule has 11 heteroatoms. The smallest absolute Gasteiger partial charge is 0.352 e. The molecule has 0 spiro atoms. The highest BCUT2D eigenvalue weighted by Gasteiger charge is 2.54. The van der Waals surface area contributed by atoms with Crippen LogP contribution in [0, 0.1) is 11.3 Å². The molecule has 130 valence electrons. The number of hydrogen-bond acceptors (Lipinski definition) is 7. The molecule has 3 atom stereocenters. The summed E-state index contributed by atoms with van der Waals surface area (Å²) in [5.41, 5.74) is 0.682. The minimum Gasteiger partial charge on any atom is -0.477 e. The topological polar surface area (TPSA) is 128 Å². The summed E-state index contributed by atoms with van der Waals surface area (Å²) in [7, 11) is -1.60. The van der Waals surface area contributed by atoms with Crippen molar-refractivity contribution in [3.8, 4) is 6.07 Å². The first-order chi connectivity index (χ1) is 11.4. The summed E-state index contributed by atoms with van der Waals surface area (Å²) in [5, 5.41) is 19.8. The molecule has 1 fully saturated rings. The largest absolute Gasteiger partial charge is 0.477 e. The van der Waals surface area contributed by atoms with Crippen LogP contribution < -0.4 is 5.32 Å². The number of nitrogens with one attached hydrogen (secondary N) is 1. The van der Waals surface area contributed by atoms with E-state index in [2.05, 4.69) is 5.32 Å². The van der Waals surface area contributed by atoms with Gasteiger partial charge in [0, 0.05) is 22.3 Å². The quantitative estimate of drug-likeness (QED) is 0.551. The van der Waals surface area contributed by atoms with Crippen molar-refractivity contribution in [2.24, 2.45) is 0 Å². The van der Waals surface area contributed by atoms with Gasteiger partial charge in [0.1, 0.15) is 28.6 Å². The molecule has 24 heavy (non-hydrogen) atoms. The van der Waals surface area contributed by atoms with Crippen LogP contribution in [0.5, 0.6) is 0 Å². The summed E-state index contributed by atoms with van der Waals surface area (Å²) in [6.07, 6.45) is 1.85. The summed E-state index contributed by atoms with van der Waals surface area (Å²) >= 11 is 2.87. The lowest BCUT2D eigenvalue weighted by Crippen LogP contribution is -2.70. The van der Waals surface area contributed by atoms with Gasteiger partial charge in [-0.25, -0.2) is 4.79 Å². The number of rotatable bonds is 7. The Labute approximate surface area is 149 Å². The Balaban J connectivity index is 2.06. The summed E-state index contributed by atoms with van der Waals surface area (Å²) in [6, 6.07) is 0.883. The minimum absolute atomic E-state index is 0.00310. The molecular formula is C13H15N3O5S3. The highest BCUT2D eigenvalue weighted by molar-refractivity contribution is 8.00. The second-order valence-corrected chi connectivity index (χ2v) is 8.46. The molecule has 2 heterocycles. The van der Waals surface area contributed by atoms with Gasteiger partial charge in [0.15, 0.2) is 0 Å². The molecule has 2 rings (SSSR count). The van der Waals surface area contributed by atoms with Crippen LogP contribution in [0.15, 0.2) is 11.3 Å². The first-order valence-corrected chi connectivity index (χ1v) is 10.7. The first kappa shape index (κ1) is 18.8. The van der Waals surface area contributed by atoms with E-state index in [0.717, 1.165) is 0 Å². The van der Waals surface area contributed by atoms with E-state index in [9.17, 15) is 23.7 Å². The summed E-state index contributed by atoms with van der Waals surface area (Å²) < 4.78 is 11.4. The monoisotopic (exact) mass is 389 g/mol. The molecule has 2 unspecified atom stereocenters. The van der Waals surface area contributed by atoms with Gasteiger partial charge in [0.2, 0.25) is 5.91 Å². The van der Waals surface area contributed by atoms with Crippen molar-refractivity contribution in [3.63, 3.8) is 0 Å². The van der Waals surface area contributed by atoms with Crippen molar-refractivity contribution < 1.29 is 23.7 Å². The molecule has 0 aromatic carbocycles. The highest BCUT2D eigenvalue weighted by atomic mass is 32.2. The molecule has 0 saturated carbocycles. The molecule has 0 bridgehead atoms. The Morgan fingerprint density at radius 1 is 1.58 bits per heavy atom. The number of amides is 2. The average Bonchev–Trinajstić information content (AvgIpc) is 2.52. The number of hydrogen-bond donors (Lipinski definition) is 2. The number of aliphatic carboxylic acids is 1. The number of nitrogens with zero attached hydrogens (tertiary/aromatic N) is 2. The van der Waals surface area contributed by atoms with E-state index in [-0.39, 0.29) is 17.2 Å². The van der Waals surface area contributed by atoms with Crippen LogP contribution >= 0.6 is 23.5 Å². The van der Waals surface area contributed by atoms with Crippen LogP contribution in [0.25, 0.3) is 0 Å². The highest BCUT2D eigenvalue weighted by Crippen LogP contribution is 2.40. The molecule has 0 radical (unpaired) electrons. The van der Waals surface area contributed by atoms with E-state index in [0.29, 0.717) is 17.1 Å². The van der Waals surface area contributed by atoms with Crippen molar-refractivity contribution in [1.29, 1.82) is 5.26 Å². The Kier molecular flexibility index (Phi) is 6.31. The molecular weight excluding hydrogens is 374 g/mol. The molecule has 0 aliphatic carbocycles. The maximum Gasteiger partial charge on any atom is 0.352 e. The van der Waals surface area contributed by atoms with E-state index in [1.54, 1.807) is 6.07 Å². The lowest BCUT2D eigenvalue weighted by atomic mass is 10.0. The molecule has 0 aromatic rings. The number of carboxylic acid groups (broad SMARTS) is 1. The Hall–Kier alpha value is -1.51. The molecule has 2 aliphatic rings. The third kappa shape index (κ3) is 3.76. The first-order valence-electron chi connectivity index (χ1n) is 6.81. The number of carbonyl (C=O) groups is 3. The average molecular weight is 389 g/mol. The van der Waals surface area contributed by atoms with Crippen LogP contribution in [0.3, 0.4) is 0 Å². The summed E-state index contributed by atoms with van der Waals surface area (Å²) in [4.78, 5) is 36.8. The number of nitriles is 1. The second kappa shape index (κ2) is 8.04. The number of carbonyl (C=O) groups excluding carboxylic acids is 2. The number of β-lactam (4-membered cyclic amide) rings is 1. The van der Waals surface area contributed by atoms with Gasteiger partial charge < -0.3 is 10.4 Å². The zero-order chi connectivity index (χ0) is 17.9. The summed E-state index contributed by atoms with van der Waals surface area (Å²) in [5.74, 6) is -1.83. The predicted molar refractivity (Wildman–Crippen MR) is 91.6 cm³/mol. The Morgan fingerprint density at radius 3 is 2.88 bits per heavy atom. The lowest BCUT2D eigenvalue weighted by Gasteiger charge is -2.49. The van der Waals surface area contributed by atoms with Gasteiger partial charge in [0.25, 0.3) is 5.91 Å². The maximum atomic E-state index is 12.3. The zero-order valence-corrected chi connectivity index (χ0v) is 15.1. The Bertz CT molecular complexity index is 672. The molecule has 1 saturated heterocycles. The van der Waals surface area contributed by atoms with Crippen LogP contribution in [0.2, 0.25) is 0 Å². The lowest BCUT2D eigenvalue weighted by molar-refractivity contribution is -0.150. The van der Waals surface area contributed by atoms with Gasteiger partial charge in [-0.15, -0.1) is 11.8 Å². The van der Waals surface area contributed by atoms with Crippen molar-refractivity contribution >= 4 is 52.1 Å². The third-order valence-electron chi connectivity index (χ3n) is 3.40. The van der Waals surface area contributed by atoms with E-state index < -0.39 is 40.0 Å². The van der Waals surface area contributed by atoms with Crippen molar-refractivity contribution in [2.75, 3.05) is 29.3 Å². The normalized spacial score (nSPS) is 23.8. The maximum absolute atomic E-state index is 12.3. The SMILES string of the molecule is CSCC1=C(C(=O)O)N2C(=O)C(NC(=O)CS(=O)CC#N)[C@H]2SC1. The zero-order valence-electron chi connectivity index (χ0n) is 12.7. The number of carboxylic acids is 1. The third-order valence-corrected chi connectivity index (χ3v) is 6.41. The fraction of sp³-hybridized carbons (Fsp3) is 0.538. The van der Waals surface area contributed by atoms with Crippen LogP contribution in [0.1, 0.15) is 0 Å². The van der Waals surface area contributed by atoms with Crippen LogP contribution in [0.4, 0.5) is 0 Å². The van der Waals surface area contributed by atoms with E-state index in [1.165, 1.54) is 28.4 Å². The van der Waals surface area contributed by atoms with Gasteiger partial charge >= 0.3 is 5.97 Å². The van der Waals surface area contributed by atoms with E-state index >= 15 is 0 Å². The fourth-order valence-electron chi connectivity index (χ4n) is 2.45. The van der Waals surface area contributed by atoms with Gasteiger partial charge in [0.05, 0.1) is 6.07 Å². The van der Waals surface area contributed by atoms with Crippen LogP contribution in [-0.2, 0) is 25.2 Å². The predicted octanol–water partition coefficient (Wildman–Crippen LogP) is -0.640. The summed E-state index contributed by atoms with van der Waals surface area (Å²) in [6.45, 7) is 0. The molecule has 0 aromatic heterocycles. The molecule has 2 N–H and O–H groups in total. The van der Waals surface area contributed by atoms with Crippen molar-refractivity contribution in [2.45, 2.75) is 11.4 Å². The van der Waals surface area contributed by atoms with Crippen molar-refractivity contribution in [3.05, 3.63) is 11.3 Å². The van der Waals surface area contributed by atoms with Crippen LogP contribution in [-0.4, -0.2) is 72.7 Å². The van der Waals surface area contributed by atoms with E-state index in [1.807, 2.05) is 6.26 Å². The minimum atomic E-state index is -1.60. The molecule has 8 nitrogen and oxygen atoms in total. The standard InChI is InChI=1S/C13H15N3O5S3/c1-22-4-7-5-23-12-9(11(18)16(12)10(7)13(19)20)15-8(17)6-24(21)3-2-14/h9,12H,3-6H2,1H3,(H,15,17)(H,19,20)/t9?,12-,24?/m1/s1. The molecule has 2 aliphatic heterocycles. The van der Waals surface area contributed by atoms with Gasteiger partial charge in [-0.2, -0.15) is 17.0 Å². The van der Waals surface area contributed by atoms with Gasteiger partial charge in [-0.3, -0.25) is 18.7 Å².